The predicted molar refractivity (Wildman–Crippen MR) is 125 cm³/mol. The van der Waals surface area contributed by atoms with Gasteiger partial charge in [-0.3, -0.25) is 4.79 Å². The van der Waals surface area contributed by atoms with E-state index in [1.807, 2.05) is 48.5 Å². The molecule has 31 heavy (non-hydrogen) atoms. The Bertz CT molecular complexity index is 981. The lowest BCUT2D eigenvalue weighted by Crippen LogP contribution is -3.15. The van der Waals surface area contributed by atoms with Crippen LogP contribution in [0.3, 0.4) is 0 Å². The van der Waals surface area contributed by atoms with Crippen molar-refractivity contribution in [1.82, 2.24) is 0 Å². The number of benzene rings is 3. The molecule has 1 aliphatic heterocycles. The number of carbonyl (C=O) groups is 1. The molecule has 5 heteroatoms. The minimum Gasteiger partial charge on any atom is -0.497 e. The number of quaternary nitrogens is 1. The molecule has 0 aromatic heterocycles. The summed E-state index contributed by atoms with van der Waals surface area (Å²) >= 11 is 0. The minimum atomic E-state index is 0.0772. The third-order valence-corrected chi connectivity index (χ3v) is 5.85. The number of hydrogen-bond acceptors (Lipinski definition) is 3. The van der Waals surface area contributed by atoms with Gasteiger partial charge in [-0.25, -0.2) is 0 Å². The van der Waals surface area contributed by atoms with Gasteiger partial charge in [-0.05, 0) is 47.9 Å². The molecule has 3 aromatic carbocycles. The highest BCUT2D eigenvalue weighted by Crippen LogP contribution is 2.20. The summed E-state index contributed by atoms with van der Waals surface area (Å²) in [7, 11) is 1.68. The molecular formula is C26H30N3O2+. The molecule has 0 aliphatic carbocycles. The molecule has 160 valence electrons. The topological polar surface area (TPSA) is 46.0 Å². The molecule has 1 fully saturated rings. The van der Waals surface area contributed by atoms with Crippen LogP contribution in [0.4, 0.5) is 11.4 Å². The van der Waals surface area contributed by atoms with Crippen LogP contribution in [0.1, 0.15) is 11.1 Å². The van der Waals surface area contributed by atoms with Crippen molar-refractivity contribution in [2.24, 2.45) is 0 Å². The summed E-state index contributed by atoms with van der Waals surface area (Å²) in [5.41, 5.74) is 4.50. The second-order valence-corrected chi connectivity index (χ2v) is 7.98. The zero-order valence-corrected chi connectivity index (χ0v) is 18.0. The van der Waals surface area contributed by atoms with E-state index in [4.69, 9.17) is 4.74 Å². The fourth-order valence-corrected chi connectivity index (χ4v) is 4.08. The number of amides is 1. The molecule has 2 N–H and O–H groups in total. The first-order chi connectivity index (χ1) is 15.2. The summed E-state index contributed by atoms with van der Waals surface area (Å²) < 4.78 is 5.24. The maximum atomic E-state index is 12.7. The van der Waals surface area contributed by atoms with Crippen LogP contribution >= 0.6 is 0 Å². The fraction of sp³-hybridized carbons (Fsp3) is 0.269. The van der Waals surface area contributed by atoms with E-state index in [-0.39, 0.29) is 5.91 Å². The van der Waals surface area contributed by atoms with Crippen molar-refractivity contribution in [2.75, 3.05) is 50.1 Å². The molecule has 1 saturated heterocycles. The molecule has 3 aromatic rings. The monoisotopic (exact) mass is 416 g/mol. The predicted octanol–water partition coefficient (Wildman–Crippen LogP) is 2.63. The Balaban J connectivity index is 1.30. The van der Waals surface area contributed by atoms with Crippen molar-refractivity contribution >= 4 is 17.3 Å². The molecule has 0 radical (unpaired) electrons. The van der Waals surface area contributed by atoms with Crippen LogP contribution in [0.25, 0.3) is 0 Å². The van der Waals surface area contributed by atoms with Crippen LogP contribution < -0.4 is 19.9 Å². The summed E-state index contributed by atoms with van der Waals surface area (Å²) in [5.74, 6) is 0.950. The molecule has 0 saturated carbocycles. The molecule has 1 heterocycles. The van der Waals surface area contributed by atoms with Gasteiger partial charge in [0.2, 0.25) is 0 Å². The van der Waals surface area contributed by atoms with E-state index in [0.29, 0.717) is 6.54 Å². The van der Waals surface area contributed by atoms with Crippen molar-refractivity contribution in [3.05, 3.63) is 90.0 Å². The van der Waals surface area contributed by atoms with Gasteiger partial charge >= 0.3 is 0 Å². The van der Waals surface area contributed by atoms with E-state index >= 15 is 0 Å². The zero-order valence-electron chi connectivity index (χ0n) is 18.0. The Hall–Kier alpha value is -3.31. The van der Waals surface area contributed by atoms with Gasteiger partial charge in [0, 0.05) is 11.4 Å². The number of piperazine rings is 1. The van der Waals surface area contributed by atoms with Crippen LogP contribution in [-0.4, -0.2) is 45.7 Å². The number of rotatable bonds is 7. The summed E-state index contributed by atoms with van der Waals surface area (Å²) in [6.45, 7) is 4.28. The van der Waals surface area contributed by atoms with Crippen LogP contribution in [0.15, 0.2) is 78.9 Å². The summed E-state index contributed by atoms with van der Waals surface area (Å²) in [6.07, 6.45) is 0.810. The van der Waals surface area contributed by atoms with Gasteiger partial charge in [0.25, 0.3) is 5.91 Å². The zero-order chi connectivity index (χ0) is 21.5. The van der Waals surface area contributed by atoms with Crippen molar-refractivity contribution < 1.29 is 14.4 Å². The van der Waals surface area contributed by atoms with Gasteiger partial charge in [0.15, 0.2) is 6.54 Å². The highest BCUT2D eigenvalue weighted by Gasteiger charge is 2.22. The van der Waals surface area contributed by atoms with E-state index in [9.17, 15) is 4.79 Å². The van der Waals surface area contributed by atoms with Crippen LogP contribution in [0, 0.1) is 0 Å². The maximum Gasteiger partial charge on any atom is 0.279 e. The van der Waals surface area contributed by atoms with Crippen molar-refractivity contribution in [3.8, 4) is 5.75 Å². The second-order valence-electron chi connectivity index (χ2n) is 7.98. The maximum absolute atomic E-state index is 12.7. The molecule has 1 amide bonds. The summed E-state index contributed by atoms with van der Waals surface area (Å²) in [6, 6.07) is 26.6. The molecule has 5 nitrogen and oxygen atoms in total. The lowest BCUT2D eigenvalue weighted by Gasteiger charge is -2.33. The Morgan fingerprint density at radius 2 is 1.61 bits per heavy atom. The Morgan fingerprint density at radius 1 is 0.935 bits per heavy atom. The van der Waals surface area contributed by atoms with Crippen LogP contribution in [0.5, 0.6) is 5.75 Å². The van der Waals surface area contributed by atoms with Gasteiger partial charge in [-0.15, -0.1) is 0 Å². The first-order valence-corrected chi connectivity index (χ1v) is 10.9. The van der Waals surface area contributed by atoms with Gasteiger partial charge in [0.05, 0.1) is 33.3 Å². The Morgan fingerprint density at radius 3 is 2.32 bits per heavy atom. The molecule has 0 spiro atoms. The van der Waals surface area contributed by atoms with Crippen molar-refractivity contribution in [1.29, 1.82) is 0 Å². The largest absolute Gasteiger partial charge is 0.497 e. The Labute approximate surface area is 184 Å². The number of anilines is 2. The molecule has 4 rings (SSSR count). The lowest BCUT2D eigenvalue weighted by molar-refractivity contribution is -0.892. The number of nitrogens with one attached hydrogen (secondary N) is 2. The van der Waals surface area contributed by atoms with E-state index in [2.05, 4.69) is 40.5 Å². The molecular weight excluding hydrogens is 386 g/mol. The number of ether oxygens (including phenoxy) is 1. The lowest BCUT2D eigenvalue weighted by atomic mass is 10.0. The normalized spacial score (nSPS) is 14.3. The average molecular weight is 417 g/mol. The number of hydrogen-bond donors (Lipinski definition) is 2. The van der Waals surface area contributed by atoms with Gasteiger partial charge in [0.1, 0.15) is 5.75 Å². The standard InChI is InChI=1S/C26H29N3O2/c1-31-24-13-11-23(12-14-24)29-17-15-28(16-18-29)20-26(30)27-25-10-6-5-9-22(25)19-21-7-3-2-4-8-21/h2-14H,15-20H2,1H3,(H,27,30)/p+1. The van der Waals surface area contributed by atoms with E-state index in [0.717, 1.165) is 49.6 Å². The Kier molecular flexibility index (Phi) is 6.85. The van der Waals surface area contributed by atoms with Gasteiger partial charge < -0.3 is 19.9 Å². The van der Waals surface area contributed by atoms with E-state index < -0.39 is 0 Å². The summed E-state index contributed by atoms with van der Waals surface area (Å²) in [4.78, 5) is 16.4. The fourth-order valence-electron chi connectivity index (χ4n) is 4.08. The first kappa shape index (κ1) is 20.9. The SMILES string of the molecule is COc1ccc(N2CC[NH+](CC(=O)Nc3ccccc3Cc3ccccc3)CC2)cc1. The van der Waals surface area contributed by atoms with E-state index in [1.165, 1.54) is 16.2 Å². The highest BCUT2D eigenvalue weighted by atomic mass is 16.5. The molecule has 0 bridgehead atoms. The first-order valence-electron chi connectivity index (χ1n) is 10.9. The number of carbonyl (C=O) groups excluding carboxylic acids is 1. The summed E-state index contributed by atoms with van der Waals surface area (Å²) in [5, 5.41) is 3.15. The highest BCUT2D eigenvalue weighted by molar-refractivity contribution is 5.92. The van der Waals surface area contributed by atoms with Crippen LogP contribution in [-0.2, 0) is 11.2 Å². The van der Waals surface area contributed by atoms with E-state index in [1.54, 1.807) is 7.11 Å². The number of nitrogens with zero attached hydrogens (tertiary/aromatic N) is 1. The van der Waals surface area contributed by atoms with Crippen LogP contribution in [0.2, 0.25) is 0 Å². The minimum absolute atomic E-state index is 0.0772. The third kappa shape index (κ3) is 5.64. The average Bonchev–Trinajstić information content (AvgIpc) is 2.82. The number of methoxy groups -OCH3 is 1. The third-order valence-electron chi connectivity index (χ3n) is 5.85. The van der Waals surface area contributed by atoms with Crippen molar-refractivity contribution in [2.45, 2.75) is 6.42 Å². The number of para-hydroxylation sites is 1. The smallest absolute Gasteiger partial charge is 0.279 e. The molecule has 0 unspecified atom stereocenters. The van der Waals surface area contributed by atoms with Crippen molar-refractivity contribution in [3.63, 3.8) is 0 Å². The second kappa shape index (κ2) is 10.1. The van der Waals surface area contributed by atoms with Gasteiger partial charge in [-0.1, -0.05) is 48.5 Å². The molecule has 1 aliphatic rings. The molecule has 0 atom stereocenters. The van der Waals surface area contributed by atoms with Gasteiger partial charge in [-0.2, -0.15) is 0 Å². The quantitative estimate of drug-likeness (QED) is 0.623.